The zero-order chi connectivity index (χ0) is 14.5. The van der Waals surface area contributed by atoms with Crippen molar-refractivity contribution in [3.8, 4) is 0 Å². The smallest absolute Gasteiger partial charge is 0.221 e. The Morgan fingerprint density at radius 3 is 3.05 bits per heavy atom. The predicted octanol–water partition coefficient (Wildman–Crippen LogP) is 2.50. The highest BCUT2D eigenvalue weighted by Crippen LogP contribution is 2.18. The molecule has 1 unspecified atom stereocenters. The van der Waals surface area contributed by atoms with Crippen molar-refractivity contribution in [1.82, 2.24) is 15.1 Å². The Labute approximate surface area is 128 Å². The third kappa shape index (κ3) is 3.88. The third-order valence-corrected chi connectivity index (χ3v) is 4.67. The largest absolute Gasteiger partial charge is 0.353 e. The number of thioether (sulfide) groups is 1. The van der Waals surface area contributed by atoms with Gasteiger partial charge in [-0.3, -0.25) is 9.48 Å². The van der Waals surface area contributed by atoms with Crippen molar-refractivity contribution in [2.45, 2.75) is 36.7 Å². The Bertz CT molecular complexity index is 597. The molecular weight excluding hydrogens is 282 g/mol. The van der Waals surface area contributed by atoms with E-state index in [1.54, 1.807) is 11.8 Å². The summed E-state index contributed by atoms with van der Waals surface area (Å²) in [7, 11) is 0. The van der Waals surface area contributed by atoms with Crippen LogP contribution in [0.1, 0.15) is 18.5 Å². The fourth-order valence-corrected chi connectivity index (χ4v) is 3.44. The molecular formula is C16H19N3OS. The summed E-state index contributed by atoms with van der Waals surface area (Å²) in [6, 6.07) is 12.5. The van der Waals surface area contributed by atoms with Crippen LogP contribution in [0.15, 0.2) is 47.5 Å². The summed E-state index contributed by atoms with van der Waals surface area (Å²) in [6.07, 6.45) is 4.25. The maximum absolute atomic E-state index is 12.0. The third-order valence-electron chi connectivity index (χ3n) is 3.66. The molecule has 1 N–H and O–H groups in total. The standard InChI is InChI=1S/C16H19N3OS/c20-16(8-11-21-15-4-2-1-3-5-15)18-13-7-10-19-14(12-13)6-9-17-19/h1-6,9,13H,7-8,10-12H2,(H,18,20). The van der Waals surface area contributed by atoms with Crippen molar-refractivity contribution >= 4 is 17.7 Å². The van der Waals surface area contributed by atoms with Gasteiger partial charge in [-0.25, -0.2) is 0 Å². The number of fused-ring (bicyclic) bond motifs is 1. The number of carbonyl (C=O) groups is 1. The molecule has 0 saturated carbocycles. The van der Waals surface area contributed by atoms with Crippen LogP contribution >= 0.6 is 11.8 Å². The summed E-state index contributed by atoms with van der Waals surface area (Å²) in [4.78, 5) is 13.2. The van der Waals surface area contributed by atoms with Gasteiger partial charge in [0.25, 0.3) is 0 Å². The molecule has 1 aromatic heterocycles. The van der Waals surface area contributed by atoms with E-state index < -0.39 is 0 Å². The van der Waals surface area contributed by atoms with Crippen LogP contribution in [-0.4, -0.2) is 27.5 Å². The highest BCUT2D eigenvalue weighted by molar-refractivity contribution is 7.99. The fraction of sp³-hybridized carbons (Fsp3) is 0.375. The minimum Gasteiger partial charge on any atom is -0.353 e. The quantitative estimate of drug-likeness (QED) is 0.863. The lowest BCUT2D eigenvalue weighted by atomic mass is 10.0. The van der Waals surface area contributed by atoms with E-state index in [0.717, 1.165) is 25.1 Å². The Hall–Kier alpha value is -1.75. The Balaban J connectivity index is 1.41. The summed E-state index contributed by atoms with van der Waals surface area (Å²) in [5.41, 5.74) is 1.21. The summed E-state index contributed by atoms with van der Waals surface area (Å²) < 4.78 is 2.02. The Morgan fingerprint density at radius 2 is 2.19 bits per heavy atom. The molecule has 1 atom stereocenters. The van der Waals surface area contributed by atoms with Crippen LogP contribution in [0.3, 0.4) is 0 Å². The van der Waals surface area contributed by atoms with Gasteiger partial charge in [0, 0.05) is 48.0 Å². The molecule has 0 radical (unpaired) electrons. The number of carbonyl (C=O) groups excluding carboxylic acids is 1. The van der Waals surface area contributed by atoms with Gasteiger partial charge in [0.05, 0.1) is 0 Å². The monoisotopic (exact) mass is 301 g/mol. The minimum absolute atomic E-state index is 0.149. The van der Waals surface area contributed by atoms with E-state index in [0.29, 0.717) is 6.42 Å². The fourth-order valence-electron chi connectivity index (χ4n) is 2.57. The highest BCUT2D eigenvalue weighted by atomic mass is 32.2. The SMILES string of the molecule is O=C(CCSc1ccccc1)NC1CCn2nccc2C1. The molecule has 1 aliphatic heterocycles. The average Bonchev–Trinajstić information content (AvgIpc) is 2.96. The molecule has 0 aliphatic carbocycles. The molecule has 1 aromatic carbocycles. The van der Waals surface area contributed by atoms with Gasteiger partial charge in [0.1, 0.15) is 0 Å². The molecule has 0 fully saturated rings. The molecule has 3 rings (SSSR count). The first-order valence-electron chi connectivity index (χ1n) is 7.29. The second kappa shape index (κ2) is 6.80. The second-order valence-electron chi connectivity index (χ2n) is 5.21. The molecule has 0 bridgehead atoms. The number of rotatable bonds is 5. The van der Waals surface area contributed by atoms with E-state index in [1.165, 1.54) is 10.6 Å². The number of hydrogen-bond donors (Lipinski definition) is 1. The topological polar surface area (TPSA) is 46.9 Å². The van der Waals surface area contributed by atoms with Gasteiger partial charge < -0.3 is 5.32 Å². The summed E-state index contributed by atoms with van der Waals surface area (Å²) in [5.74, 6) is 0.969. The maximum atomic E-state index is 12.0. The molecule has 2 aromatic rings. The van der Waals surface area contributed by atoms with Gasteiger partial charge in [-0.05, 0) is 24.6 Å². The number of benzene rings is 1. The zero-order valence-corrected chi connectivity index (χ0v) is 12.7. The molecule has 110 valence electrons. The van der Waals surface area contributed by atoms with Crippen LogP contribution in [0.2, 0.25) is 0 Å². The molecule has 4 nitrogen and oxygen atoms in total. The summed E-state index contributed by atoms with van der Waals surface area (Å²) in [5, 5.41) is 7.40. The van der Waals surface area contributed by atoms with Gasteiger partial charge in [-0.15, -0.1) is 11.8 Å². The van der Waals surface area contributed by atoms with Crippen LogP contribution in [0.5, 0.6) is 0 Å². The van der Waals surface area contributed by atoms with E-state index in [2.05, 4.69) is 22.5 Å². The minimum atomic E-state index is 0.149. The first-order valence-corrected chi connectivity index (χ1v) is 8.28. The lowest BCUT2D eigenvalue weighted by molar-refractivity contribution is -0.121. The number of amides is 1. The van der Waals surface area contributed by atoms with Crippen molar-refractivity contribution < 1.29 is 4.79 Å². The van der Waals surface area contributed by atoms with Gasteiger partial charge >= 0.3 is 0 Å². The number of hydrogen-bond acceptors (Lipinski definition) is 3. The van der Waals surface area contributed by atoms with E-state index in [4.69, 9.17) is 0 Å². The normalized spacial score (nSPS) is 17.2. The lowest BCUT2D eigenvalue weighted by Crippen LogP contribution is -2.40. The van der Waals surface area contributed by atoms with Gasteiger partial charge in [0.15, 0.2) is 0 Å². The first kappa shape index (κ1) is 14.2. The van der Waals surface area contributed by atoms with Crippen molar-refractivity contribution in [2.24, 2.45) is 0 Å². The lowest BCUT2D eigenvalue weighted by Gasteiger charge is -2.24. The number of aryl methyl sites for hydroxylation is 1. The summed E-state index contributed by atoms with van der Waals surface area (Å²) in [6.45, 7) is 0.895. The van der Waals surface area contributed by atoms with Crippen LogP contribution in [0.4, 0.5) is 0 Å². The van der Waals surface area contributed by atoms with Crippen molar-refractivity contribution in [3.63, 3.8) is 0 Å². The van der Waals surface area contributed by atoms with Crippen LogP contribution < -0.4 is 5.32 Å². The first-order chi connectivity index (χ1) is 10.3. The van der Waals surface area contributed by atoms with Crippen LogP contribution in [0.25, 0.3) is 0 Å². The molecule has 5 heteroatoms. The summed E-state index contributed by atoms with van der Waals surface area (Å²) >= 11 is 1.73. The highest BCUT2D eigenvalue weighted by Gasteiger charge is 2.20. The number of nitrogens with one attached hydrogen (secondary N) is 1. The second-order valence-corrected chi connectivity index (χ2v) is 6.38. The zero-order valence-electron chi connectivity index (χ0n) is 11.9. The van der Waals surface area contributed by atoms with Crippen molar-refractivity contribution in [3.05, 3.63) is 48.3 Å². The Kier molecular flexibility index (Phi) is 4.60. The van der Waals surface area contributed by atoms with Crippen LogP contribution in [0, 0.1) is 0 Å². The molecule has 1 aliphatic rings. The molecule has 1 amide bonds. The van der Waals surface area contributed by atoms with Crippen molar-refractivity contribution in [2.75, 3.05) is 5.75 Å². The van der Waals surface area contributed by atoms with E-state index in [1.807, 2.05) is 35.1 Å². The molecule has 0 spiro atoms. The molecule has 2 heterocycles. The average molecular weight is 301 g/mol. The Morgan fingerprint density at radius 1 is 1.33 bits per heavy atom. The van der Waals surface area contributed by atoms with Crippen LogP contribution in [-0.2, 0) is 17.8 Å². The van der Waals surface area contributed by atoms with Crippen molar-refractivity contribution in [1.29, 1.82) is 0 Å². The number of nitrogens with zero attached hydrogens (tertiary/aromatic N) is 2. The predicted molar refractivity (Wildman–Crippen MR) is 84.3 cm³/mol. The molecule has 21 heavy (non-hydrogen) atoms. The van der Waals surface area contributed by atoms with E-state index in [-0.39, 0.29) is 11.9 Å². The van der Waals surface area contributed by atoms with Gasteiger partial charge in [-0.2, -0.15) is 5.10 Å². The van der Waals surface area contributed by atoms with Gasteiger partial charge in [-0.1, -0.05) is 18.2 Å². The van der Waals surface area contributed by atoms with E-state index >= 15 is 0 Å². The van der Waals surface area contributed by atoms with Gasteiger partial charge in [0.2, 0.25) is 5.91 Å². The molecule has 0 saturated heterocycles. The maximum Gasteiger partial charge on any atom is 0.221 e. The number of aromatic nitrogens is 2. The van der Waals surface area contributed by atoms with E-state index in [9.17, 15) is 4.79 Å².